The predicted octanol–water partition coefficient (Wildman–Crippen LogP) is 1.96. The highest BCUT2D eigenvalue weighted by atomic mass is 35.5. The Kier molecular flexibility index (Phi) is 6.59. The van der Waals surface area contributed by atoms with Crippen LogP contribution in [0, 0.1) is 5.82 Å². The van der Waals surface area contributed by atoms with E-state index in [4.69, 9.17) is 22.1 Å². The molecule has 4 nitrogen and oxygen atoms in total. The molecule has 0 saturated heterocycles. The molecule has 1 rings (SSSR count). The monoisotopic (exact) mass is 287 g/mol. The molecule has 0 bridgehead atoms. The van der Waals surface area contributed by atoms with Crippen LogP contribution in [0.1, 0.15) is 12.5 Å². The Hall–Kier alpha value is -1.33. The summed E-state index contributed by atoms with van der Waals surface area (Å²) in [5.41, 5.74) is 6.57. The summed E-state index contributed by atoms with van der Waals surface area (Å²) in [5, 5.41) is 3.41. The van der Waals surface area contributed by atoms with Crippen molar-refractivity contribution in [2.45, 2.75) is 19.4 Å². The number of guanidine groups is 1. The summed E-state index contributed by atoms with van der Waals surface area (Å²) in [5.74, 6) is 0.0228. The van der Waals surface area contributed by atoms with Crippen molar-refractivity contribution in [3.8, 4) is 0 Å². The molecule has 1 atom stereocenters. The number of rotatable bonds is 6. The smallest absolute Gasteiger partial charge is 0.188 e. The lowest BCUT2D eigenvalue weighted by atomic mass is 10.1. The van der Waals surface area contributed by atoms with Crippen molar-refractivity contribution in [2.75, 3.05) is 20.3 Å². The average Bonchev–Trinajstić information content (AvgIpc) is 2.32. The summed E-state index contributed by atoms with van der Waals surface area (Å²) >= 11 is 5.92. The molecular formula is C13H19ClFN3O. The molecule has 0 aliphatic heterocycles. The summed E-state index contributed by atoms with van der Waals surface area (Å²) < 4.78 is 17.8. The molecule has 6 heteroatoms. The number of hydrogen-bond donors (Lipinski definition) is 2. The maximum atomic E-state index is 12.9. The van der Waals surface area contributed by atoms with Crippen LogP contribution in [0.4, 0.5) is 4.39 Å². The van der Waals surface area contributed by atoms with Crippen molar-refractivity contribution in [1.82, 2.24) is 5.32 Å². The molecule has 19 heavy (non-hydrogen) atoms. The summed E-state index contributed by atoms with van der Waals surface area (Å²) in [6.45, 7) is 2.99. The van der Waals surface area contributed by atoms with E-state index in [1.54, 1.807) is 13.2 Å². The van der Waals surface area contributed by atoms with Crippen LogP contribution in [-0.2, 0) is 11.2 Å². The second-order valence-corrected chi connectivity index (χ2v) is 4.66. The van der Waals surface area contributed by atoms with E-state index in [2.05, 4.69) is 10.3 Å². The topological polar surface area (TPSA) is 59.6 Å². The van der Waals surface area contributed by atoms with E-state index in [1.807, 2.05) is 6.92 Å². The Morgan fingerprint density at radius 2 is 2.32 bits per heavy atom. The number of methoxy groups -OCH3 is 1. The third kappa shape index (κ3) is 5.89. The van der Waals surface area contributed by atoms with Crippen LogP contribution in [0.5, 0.6) is 0 Å². The molecule has 1 aromatic rings. The minimum absolute atomic E-state index is 0.100. The van der Waals surface area contributed by atoms with Gasteiger partial charge in [0, 0.05) is 24.7 Å². The van der Waals surface area contributed by atoms with Crippen LogP contribution >= 0.6 is 11.6 Å². The minimum Gasteiger partial charge on any atom is -0.383 e. The van der Waals surface area contributed by atoms with Gasteiger partial charge in [0.05, 0.1) is 6.61 Å². The Balaban J connectivity index is 2.44. The van der Waals surface area contributed by atoms with Crippen LogP contribution < -0.4 is 11.1 Å². The summed E-state index contributed by atoms with van der Waals surface area (Å²) in [4.78, 5) is 4.18. The van der Waals surface area contributed by atoms with Gasteiger partial charge in [0.1, 0.15) is 5.82 Å². The quantitative estimate of drug-likeness (QED) is 0.621. The molecule has 0 spiro atoms. The van der Waals surface area contributed by atoms with Gasteiger partial charge in [-0.3, -0.25) is 4.99 Å². The van der Waals surface area contributed by atoms with Crippen LogP contribution in [0.25, 0.3) is 0 Å². The standard InChI is InChI=1S/C13H19ClFN3O/c1-9(8-19-2)18-13(16)17-6-5-10-3-4-11(15)7-12(10)14/h3-4,7,9H,5-6,8H2,1-2H3,(H3,16,17,18). The number of nitrogens with one attached hydrogen (secondary N) is 1. The van der Waals surface area contributed by atoms with Crippen LogP contribution in [-0.4, -0.2) is 32.3 Å². The third-order valence-corrected chi connectivity index (χ3v) is 2.84. The maximum absolute atomic E-state index is 12.9. The molecule has 0 saturated carbocycles. The minimum atomic E-state index is -0.341. The molecule has 0 amide bonds. The van der Waals surface area contributed by atoms with Crippen molar-refractivity contribution < 1.29 is 9.13 Å². The van der Waals surface area contributed by atoms with Crippen molar-refractivity contribution >= 4 is 17.6 Å². The first-order valence-electron chi connectivity index (χ1n) is 6.02. The molecule has 0 aliphatic carbocycles. The van der Waals surface area contributed by atoms with E-state index >= 15 is 0 Å². The highest BCUT2D eigenvalue weighted by molar-refractivity contribution is 6.31. The van der Waals surface area contributed by atoms with E-state index in [0.29, 0.717) is 30.6 Å². The first-order valence-corrected chi connectivity index (χ1v) is 6.40. The summed E-state index contributed by atoms with van der Waals surface area (Å²) in [6.07, 6.45) is 0.611. The van der Waals surface area contributed by atoms with Gasteiger partial charge in [-0.15, -0.1) is 0 Å². The Bertz CT molecular complexity index is 440. The van der Waals surface area contributed by atoms with Crippen molar-refractivity contribution in [1.29, 1.82) is 0 Å². The van der Waals surface area contributed by atoms with Gasteiger partial charge in [-0.05, 0) is 31.0 Å². The molecule has 0 aromatic heterocycles. The molecule has 0 heterocycles. The van der Waals surface area contributed by atoms with Crippen LogP contribution in [0.2, 0.25) is 5.02 Å². The summed E-state index contributed by atoms with van der Waals surface area (Å²) in [6, 6.07) is 4.43. The fourth-order valence-corrected chi connectivity index (χ4v) is 1.87. The number of nitrogens with two attached hydrogens (primary N) is 1. The van der Waals surface area contributed by atoms with Crippen LogP contribution in [0.15, 0.2) is 23.2 Å². The van der Waals surface area contributed by atoms with Gasteiger partial charge < -0.3 is 15.8 Å². The number of halogens is 2. The van der Waals surface area contributed by atoms with Gasteiger partial charge in [0.25, 0.3) is 0 Å². The van der Waals surface area contributed by atoms with Gasteiger partial charge in [0.15, 0.2) is 5.96 Å². The number of nitrogens with zero attached hydrogens (tertiary/aromatic N) is 1. The number of aliphatic imine (C=N–C) groups is 1. The van der Waals surface area contributed by atoms with Gasteiger partial charge in [-0.2, -0.15) is 0 Å². The zero-order valence-electron chi connectivity index (χ0n) is 11.1. The first kappa shape index (κ1) is 15.7. The fourth-order valence-electron chi connectivity index (χ4n) is 1.61. The van der Waals surface area contributed by atoms with Crippen molar-refractivity contribution in [3.05, 3.63) is 34.6 Å². The van der Waals surface area contributed by atoms with E-state index in [1.165, 1.54) is 12.1 Å². The molecule has 0 fully saturated rings. The lowest BCUT2D eigenvalue weighted by Gasteiger charge is -2.13. The average molecular weight is 288 g/mol. The third-order valence-electron chi connectivity index (χ3n) is 2.49. The van der Waals surface area contributed by atoms with Crippen LogP contribution in [0.3, 0.4) is 0 Å². The van der Waals surface area contributed by atoms with Gasteiger partial charge in [0.2, 0.25) is 0 Å². The molecule has 0 aliphatic rings. The fraction of sp³-hybridized carbons (Fsp3) is 0.462. The van der Waals surface area contributed by atoms with Gasteiger partial charge in [-0.1, -0.05) is 17.7 Å². The Morgan fingerprint density at radius 3 is 2.95 bits per heavy atom. The molecule has 1 aromatic carbocycles. The molecular weight excluding hydrogens is 269 g/mol. The normalized spacial score (nSPS) is 13.4. The largest absolute Gasteiger partial charge is 0.383 e. The van der Waals surface area contributed by atoms with E-state index in [9.17, 15) is 4.39 Å². The van der Waals surface area contributed by atoms with E-state index < -0.39 is 0 Å². The Labute approximate surface area is 117 Å². The zero-order valence-corrected chi connectivity index (χ0v) is 11.9. The summed E-state index contributed by atoms with van der Waals surface area (Å²) in [7, 11) is 1.63. The Morgan fingerprint density at radius 1 is 1.58 bits per heavy atom. The molecule has 0 radical (unpaired) electrons. The number of hydrogen-bond acceptors (Lipinski definition) is 2. The highest BCUT2D eigenvalue weighted by Gasteiger charge is 2.03. The SMILES string of the molecule is COCC(C)NC(N)=NCCc1ccc(F)cc1Cl. The predicted molar refractivity (Wildman–Crippen MR) is 76.1 cm³/mol. The van der Waals surface area contributed by atoms with E-state index in [-0.39, 0.29) is 11.9 Å². The molecule has 106 valence electrons. The zero-order chi connectivity index (χ0) is 14.3. The molecule has 1 unspecified atom stereocenters. The van der Waals surface area contributed by atoms with Gasteiger partial charge >= 0.3 is 0 Å². The lowest BCUT2D eigenvalue weighted by Crippen LogP contribution is -2.40. The maximum Gasteiger partial charge on any atom is 0.188 e. The van der Waals surface area contributed by atoms with Gasteiger partial charge in [-0.25, -0.2) is 4.39 Å². The number of benzene rings is 1. The van der Waals surface area contributed by atoms with Crippen molar-refractivity contribution in [3.63, 3.8) is 0 Å². The van der Waals surface area contributed by atoms with E-state index in [0.717, 1.165) is 5.56 Å². The highest BCUT2D eigenvalue weighted by Crippen LogP contribution is 2.17. The van der Waals surface area contributed by atoms with Crippen molar-refractivity contribution in [2.24, 2.45) is 10.7 Å². The second-order valence-electron chi connectivity index (χ2n) is 4.25. The second kappa shape index (κ2) is 7.96. The number of ether oxygens (including phenoxy) is 1. The lowest BCUT2D eigenvalue weighted by molar-refractivity contribution is 0.179. The first-order chi connectivity index (χ1) is 9.02. The molecule has 3 N–H and O–H groups in total.